The van der Waals surface area contributed by atoms with Crippen molar-refractivity contribution in [1.82, 2.24) is 15.2 Å². The third-order valence-corrected chi connectivity index (χ3v) is 7.45. The standard InChI is InChI=1S/C24H27F2N5O2S/c1-16(33-2)23(32)31-24(17-6-4-3-5-7-17,10-12-30-13-11-28-21(27)15-30)34-22(29-31)19-14-18(25)8-9-20(19)26/h3-9,14,16H,10-13,15H2,1-2H3,(H2,27,28)/t16-,24?/m0/s1. The number of rotatable bonds is 7. The van der Waals surface area contributed by atoms with E-state index in [0.717, 1.165) is 30.3 Å². The number of ether oxygens (including phenoxy) is 1. The molecule has 0 aliphatic carbocycles. The zero-order chi connectivity index (χ0) is 24.3. The second-order valence-corrected chi connectivity index (χ2v) is 9.51. The second-order valence-electron chi connectivity index (χ2n) is 8.24. The van der Waals surface area contributed by atoms with Gasteiger partial charge in [-0.1, -0.05) is 42.1 Å². The Labute approximate surface area is 201 Å². The maximum atomic E-state index is 14.7. The van der Waals surface area contributed by atoms with Crippen molar-refractivity contribution < 1.29 is 18.3 Å². The van der Waals surface area contributed by atoms with E-state index in [0.29, 0.717) is 31.9 Å². The molecule has 4 rings (SSSR count). The van der Waals surface area contributed by atoms with E-state index in [1.54, 1.807) is 6.92 Å². The van der Waals surface area contributed by atoms with Crippen LogP contribution >= 0.6 is 11.8 Å². The van der Waals surface area contributed by atoms with Crippen molar-refractivity contribution in [1.29, 1.82) is 5.41 Å². The third-order valence-electron chi connectivity index (χ3n) is 6.01. The van der Waals surface area contributed by atoms with E-state index < -0.39 is 22.6 Å². The van der Waals surface area contributed by atoms with E-state index in [-0.39, 0.29) is 16.5 Å². The fourth-order valence-electron chi connectivity index (χ4n) is 4.07. The van der Waals surface area contributed by atoms with Crippen LogP contribution in [-0.2, 0) is 14.4 Å². The molecule has 1 unspecified atom stereocenters. The number of piperazine rings is 1. The molecule has 10 heteroatoms. The van der Waals surface area contributed by atoms with Crippen molar-refractivity contribution in [2.24, 2.45) is 5.10 Å². The molecule has 7 nitrogen and oxygen atoms in total. The number of halogens is 2. The molecule has 180 valence electrons. The number of benzene rings is 2. The highest BCUT2D eigenvalue weighted by atomic mass is 32.2. The van der Waals surface area contributed by atoms with Gasteiger partial charge in [0.05, 0.1) is 6.54 Å². The number of amidine groups is 1. The lowest BCUT2D eigenvalue weighted by Gasteiger charge is -2.39. The van der Waals surface area contributed by atoms with E-state index in [2.05, 4.69) is 15.3 Å². The molecule has 2 heterocycles. The number of hydrazone groups is 1. The SMILES string of the molecule is CO[C@@H](C)C(=O)N1N=C(c2cc(F)ccc2F)SC1(CCN1CCNC(=N)C1)c1ccccc1. The second kappa shape index (κ2) is 10.2. The zero-order valence-corrected chi connectivity index (χ0v) is 19.9. The molecule has 2 aromatic carbocycles. The van der Waals surface area contributed by atoms with Crippen LogP contribution in [0.4, 0.5) is 8.78 Å². The predicted octanol–water partition coefficient (Wildman–Crippen LogP) is 3.36. The Hall–Kier alpha value is -2.82. The van der Waals surface area contributed by atoms with Gasteiger partial charge in [0.25, 0.3) is 5.91 Å². The molecule has 0 bridgehead atoms. The van der Waals surface area contributed by atoms with Crippen LogP contribution in [0.5, 0.6) is 0 Å². The highest BCUT2D eigenvalue weighted by Crippen LogP contribution is 2.50. The van der Waals surface area contributed by atoms with Crippen LogP contribution in [0.15, 0.2) is 53.6 Å². The van der Waals surface area contributed by atoms with Crippen molar-refractivity contribution in [3.63, 3.8) is 0 Å². The van der Waals surface area contributed by atoms with E-state index >= 15 is 0 Å². The van der Waals surface area contributed by atoms with Gasteiger partial charge in [0.2, 0.25) is 0 Å². The molecule has 1 saturated heterocycles. The average molecular weight is 488 g/mol. The lowest BCUT2D eigenvalue weighted by Crippen LogP contribution is -2.51. The van der Waals surface area contributed by atoms with Crippen molar-refractivity contribution >= 4 is 28.5 Å². The number of carbonyl (C=O) groups excluding carboxylic acids is 1. The van der Waals surface area contributed by atoms with Gasteiger partial charge in [-0.25, -0.2) is 13.8 Å². The number of nitrogens with one attached hydrogen (secondary N) is 2. The van der Waals surface area contributed by atoms with Crippen molar-refractivity contribution in [2.45, 2.75) is 24.3 Å². The van der Waals surface area contributed by atoms with Crippen LogP contribution in [0.1, 0.15) is 24.5 Å². The molecule has 1 fully saturated rings. The largest absolute Gasteiger partial charge is 0.372 e. The summed E-state index contributed by atoms with van der Waals surface area (Å²) in [5.74, 6) is -1.13. The van der Waals surface area contributed by atoms with Crippen LogP contribution in [0, 0.1) is 17.0 Å². The lowest BCUT2D eigenvalue weighted by atomic mass is 10.0. The molecule has 2 aliphatic rings. The number of amides is 1. The number of methoxy groups -OCH3 is 1. The molecule has 2 aliphatic heterocycles. The molecular formula is C24H27F2N5O2S. The smallest absolute Gasteiger partial charge is 0.273 e. The van der Waals surface area contributed by atoms with Gasteiger partial charge in [-0.05, 0) is 37.1 Å². The topological polar surface area (TPSA) is 81.0 Å². The molecule has 2 N–H and O–H groups in total. The maximum Gasteiger partial charge on any atom is 0.273 e. The summed E-state index contributed by atoms with van der Waals surface area (Å²) in [6.45, 7) is 4.11. The van der Waals surface area contributed by atoms with Gasteiger partial charge >= 0.3 is 0 Å². The molecule has 2 aromatic rings. The van der Waals surface area contributed by atoms with Crippen molar-refractivity contribution in [2.75, 3.05) is 33.3 Å². The highest BCUT2D eigenvalue weighted by molar-refractivity contribution is 8.15. The Morgan fingerprint density at radius 3 is 2.76 bits per heavy atom. The van der Waals surface area contributed by atoms with Gasteiger partial charge in [-0.2, -0.15) is 5.10 Å². The summed E-state index contributed by atoms with van der Waals surface area (Å²) in [7, 11) is 1.44. The lowest BCUT2D eigenvalue weighted by molar-refractivity contribution is -0.144. The maximum absolute atomic E-state index is 14.7. The van der Waals surface area contributed by atoms with Crippen LogP contribution in [-0.4, -0.2) is 66.1 Å². The average Bonchev–Trinajstić information content (AvgIpc) is 3.24. The number of hydrogen-bond acceptors (Lipinski definition) is 6. The predicted molar refractivity (Wildman–Crippen MR) is 129 cm³/mol. The van der Waals surface area contributed by atoms with Crippen molar-refractivity contribution in [3.8, 4) is 0 Å². The Kier molecular flexibility index (Phi) is 7.30. The highest BCUT2D eigenvalue weighted by Gasteiger charge is 2.50. The van der Waals surface area contributed by atoms with Crippen LogP contribution < -0.4 is 5.32 Å². The van der Waals surface area contributed by atoms with E-state index in [1.807, 2.05) is 30.3 Å². The molecule has 2 atom stereocenters. The van der Waals surface area contributed by atoms with Crippen LogP contribution in [0.25, 0.3) is 0 Å². The van der Waals surface area contributed by atoms with Gasteiger partial charge in [0.15, 0.2) is 0 Å². The first-order valence-corrected chi connectivity index (χ1v) is 11.8. The summed E-state index contributed by atoms with van der Waals surface area (Å²) in [6, 6.07) is 12.7. The number of hydrogen-bond donors (Lipinski definition) is 2. The first-order chi connectivity index (χ1) is 16.3. The molecule has 0 radical (unpaired) electrons. The van der Waals surface area contributed by atoms with Gasteiger partial charge in [0, 0.05) is 32.3 Å². The first kappa shape index (κ1) is 24.3. The summed E-state index contributed by atoms with van der Waals surface area (Å²) in [5.41, 5.74) is 0.826. The summed E-state index contributed by atoms with van der Waals surface area (Å²) in [4.78, 5) is 14.6. The van der Waals surface area contributed by atoms with Crippen LogP contribution in [0.2, 0.25) is 0 Å². The summed E-state index contributed by atoms with van der Waals surface area (Å²) in [5, 5.41) is 17.1. The summed E-state index contributed by atoms with van der Waals surface area (Å²) >= 11 is 1.24. The fourth-order valence-corrected chi connectivity index (χ4v) is 5.44. The number of nitrogens with zero attached hydrogens (tertiary/aromatic N) is 3. The molecule has 0 saturated carbocycles. The minimum absolute atomic E-state index is 0.00891. The van der Waals surface area contributed by atoms with Gasteiger partial charge < -0.3 is 10.1 Å². The minimum Gasteiger partial charge on any atom is -0.372 e. The minimum atomic E-state index is -0.994. The Morgan fingerprint density at radius 1 is 1.29 bits per heavy atom. The van der Waals surface area contributed by atoms with Gasteiger partial charge in [-0.3, -0.25) is 15.1 Å². The van der Waals surface area contributed by atoms with Gasteiger partial charge in [-0.15, -0.1) is 0 Å². The van der Waals surface area contributed by atoms with Gasteiger partial charge in [0.1, 0.15) is 33.5 Å². The molecule has 0 spiro atoms. The molecule has 0 aromatic heterocycles. The van der Waals surface area contributed by atoms with Crippen molar-refractivity contribution in [3.05, 3.63) is 71.3 Å². The molecule has 34 heavy (non-hydrogen) atoms. The number of carbonyl (C=O) groups is 1. The number of thioether (sulfide) groups is 1. The van der Waals surface area contributed by atoms with E-state index in [4.69, 9.17) is 10.1 Å². The Bertz CT molecular complexity index is 1100. The van der Waals surface area contributed by atoms with E-state index in [1.165, 1.54) is 23.9 Å². The molecular weight excluding hydrogens is 460 g/mol. The Morgan fingerprint density at radius 2 is 2.06 bits per heavy atom. The van der Waals surface area contributed by atoms with Crippen LogP contribution in [0.3, 0.4) is 0 Å². The zero-order valence-electron chi connectivity index (χ0n) is 19.1. The van der Waals surface area contributed by atoms with E-state index in [9.17, 15) is 13.6 Å². The normalized spacial score (nSPS) is 21.8. The first-order valence-electron chi connectivity index (χ1n) is 11.0. The quantitative estimate of drug-likeness (QED) is 0.626. The molecule has 1 amide bonds. The monoisotopic (exact) mass is 487 g/mol. The summed E-state index contributed by atoms with van der Waals surface area (Å²) < 4.78 is 34.0. The fraction of sp³-hybridized carbons (Fsp3) is 0.375. The summed E-state index contributed by atoms with van der Waals surface area (Å²) in [6.07, 6.45) is -0.322. The third kappa shape index (κ3) is 4.84. The Balaban J connectivity index is 1.77.